The Morgan fingerprint density at radius 1 is 0.960 bits per heavy atom. The van der Waals surface area contributed by atoms with Crippen molar-refractivity contribution in [3.05, 3.63) is 65.3 Å². The van der Waals surface area contributed by atoms with Crippen LogP contribution in [0.4, 0.5) is 5.69 Å². The van der Waals surface area contributed by atoms with E-state index in [1.807, 2.05) is 0 Å². The minimum Gasteiger partial charge on any atom is -0.367 e. The van der Waals surface area contributed by atoms with E-state index in [-0.39, 0.29) is 0 Å². The van der Waals surface area contributed by atoms with E-state index in [0.717, 1.165) is 5.92 Å². The molecular weight excluding hydrogens is 302 g/mol. The van der Waals surface area contributed by atoms with Crippen LogP contribution in [0, 0.1) is 11.8 Å². The van der Waals surface area contributed by atoms with Gasteiger partial charge in [-0.3, -0.25) is 0 Å². The van der Waals surface area contributed by atoms with Gasteiger partial charge >= 0.3 is 0 Å². The molecule has 1 heterocycles. The van der Waals surface area contributed by atoms with Crippen molar-refractivity contribution in [3.63, 3.8) is 0 Å². The molecule has 0 N–H and O–H groups in total. The van der Waals surface area contributed by atoms with Crippen molar-refractivity contribution in [2.24, 2.45) is 11.8 Å². The third-order valence-electron chi connectivity index (χ3n) is 6.66. The molecule has 1 heteroatoms. The zero-order valence-electron chi connectivity index (χ0n) is 15.1. The van der Waals surface area contributed by atoms with E-state index in [9.17, 15) is 0 Å². The lowest BCUT2D eigenvalue weighted by Gasteiger charge is -2.35. The van der Waals surface area contributed by atoms with Gasteiger partial charge in [0.1, 0.15) is 0 Å². The molecule has 25 heavy (non-hydrogen) atoms. The molecule has 0 saturated carbocycles. The molecule has 0 radical (unpaired) electrons. The normalized spacial score (nSPS) is 28.0. The Morgan fingerprint density at radius 2 is 1.76 bits per heavy atom. The van der Waals surface area contributed by atoms with E-state index < -0.39 is 0 Å². The maximum atomic E-state index is 2.46. The third kappa shape index (κ3) is 2.52. The molecule has 0 fully saturated rings. The minimum atomic E-state index is 0.435. The summed E-state index contributed by atoms with van der Waals surface area (Å²) in [6.45, 7) is 0. The zero-order chi connectivity index (χ0) is 16.8. The largest absolute Gasteiger partial charge is 0.367 e. The summed E-state index contributed by atoms with van der Waals surface area (Å²) in [5, 5.41) is 0. The molecule has 0 saturated heterocycles. The van der Waals surface area contributed by atoms with Crippen LogP contribution in [-0.4, -0.2) is 13.1 Å². The lowest BCUT2D eigenvalue weighted by Crippen LogP contribution is -2.35. The summed E-state index contributed by atoms with van der Waals surface area (Å²) < 4.78 is 0. The fourth-order valence-corrected chi connectivity index (χ4v) is 5.41. The fourth-order valence-electron chi connectivity index (χ4n) is 5.41. The van der Waals surface area contributed by atoms with Gasteiger partial charge < -0.3 is 4.90 Å². The van der Waals surface area contributed by atoms with Crippen LogP contribution in [0.2, 0.25) is 0 Å². The first-order valence-corrected chi connectivity index (χ1v) is 9.93. The van der Waals surface area contributed by atoms with Gasteiger partial charge in [0.25, 0.3) is 0 Å². The molecule has 2 bridgehead atoms. The number of hydrogen-bond donors (Lipinski definition) is 0. The first-order valence-electron chi connectivity index (χ1n) is 9.93. The van der Waals surface area contributed by atoms with E-state index in [2.05, 4.69) is 66.6 Å². The topological polar surface area (TPSA) is 3.24 Å². The highest BCUT2D eigenvalue weighted by Gasteiger charge is 2.29. The summed E-state index contributed by atoms with van der Waals surface area (Å²) in [7, 11) is 2.24. The Balaban J connectivity index is 1.58. The molecule has 1 nitrogen and oxygen atoms in total. The smallest absolute Gasteiger partial charge is 0.0570 e. The number of benzene rings is 1. The molecule has 2 unspecified atom stereocenters. The Labute approximate surface area is 151 Å². The molecule has 1 aromatic carbocycles. The van der Waals surface area contributed by atoms with Crippen molar-refractivity contribution in [2.75, 3.05) is 11.9 Å². The highest BCUT2D eigenvalue weighted by atomic mass is 15.1. The van der Waals surface area contributed by atoms with Gasteiger partial charge in [-0.2, -0.15) is 0 Å². The number of anilines is 1. The van der Waals surface area contributed by atoms with Crippen LogP contribution < -0.4 is 4.90 Å². The molecular formula is C24H27N. The molecule has 0 spiro atoms. The summed E-state index contributed by atoms with van der Waals surface area (Å²) in [6.07, 6.45) is 22.0. The van der Waals surface area contributed by atoms with Crippen LogP contribution in [0.15, 0.2) is 54.2 Å². The van der Waals surface area contributed by atoms with Crippen LogP contribution in [0.5, 0.6) is 0 Å². The Morgan fingerprint density at radius 3 is 2.56 bits per heavy atom. The lowest BCUT2D eigenvalue weighted by molar-refractivity contribution is 0.452. The van der Waals surface area contributed by atoms with E-state index in [0.29, 0.717) is 12.0 Å². The second kappa shape index (κ2) is 6.05. The number of hydrogen-bond acceptors (Lipinski definition) is 1. The van der Waals surface area contributed by atoms with Crippen molar-refractivity contribution < 1.29 is 0 Å². The summed E-state index contributed by atoms with van der Waals surface area (Å²) in [5.74, 6) is 1.29. The predicted molar refractivity (Wildman–Crippen MR) is 108 cm³/mol. The van der Waals surface area contributed by atoms with E-state index in [1.54, 1.807) is 11.1 Å². The number of likely N-dealkylation sites (N-methyl/N-ethyl adjacent to an activating group) is 1. The van der Waals surface area contributed by atoms with Crippen molar-refractivity contribution >= 4 is 17.3 Å². The zero-order valence-corrected chi connectivity index (χ0v) is 15.1. The van der Waals surface area contributed by atoms with Crippen molar-refractivity contribution in [2.45, 2.75) is 44.6 Å². The first-order chi connectivity index (χ1) is 12.3. The van der Waals surface area contributed by atoms with Gasteiger partial charge in [0, 0.05) is 18.7 Å². The highest BCUT2D eigenvalue weighted by Crippen LogP contribution is 2.46. The van der Waals surface area contributed by atoms with Crippen molar-refractivity contribution in [3.8, 4) is 0 Å². The molecule has 4 aliphatic rings. The maximum Gasteiger partial charge on any atom is 0.0570 e. The quantitative estimate of drug-likeness (QED) is 0.611. The molecule has 128 valence electrons. The molecule has 1 aromatic rings. The second-order valence-corrected chi connectivity index (χ2v) is 8.08. The number of fused-ring (bicyclic) bond motifs is 3. The Hall–Kier alpha value is -2.02. The van der Waals surface area contributed by atoms with Crippen LogP contribution in [-0.2, 0) is 0 Å². The van der Waals surface area contributed by atoms with Crippen molar-refractivity contribution in [1.82, 2.24) is 0 Å². The van der Waals surface area contributed by atoms with Gasteiger partial charge in [-0.15, -0.1) is 0 Å². The second-order valence-electron chi connectivity index (χ2n) is 8.08. The van der Waals surface area contributed by atoms with E-state index in [1.165, 1.54) is 55.3 Å². The number of allylic oxidation sites excluding steroid dienone is 4. The van der Waals surface area contributed by atoms with Gasteiger partial charge in [0.2, 0.25) is 0 Å². The maximum absolute atomic E-state index is 2.46. The van der Waals surface area contributed by atoms with Gasteiger partial charge in [-0.05, 0) is 73.3 Å². The van der Waals surface area contributed by atoms with Crippen LogP contribution in [0.25, 0.3) is 11.6 Å². The third-order valence-corrected chi connectivity index (χ3v) is 6.66. The van der Waals surface area contributed by atoms with Crippen LogP contribution >= 0.6 is 0 Å². The van der Waals surface area contributed by atoms with Crippen LogP contribution in [0.3, 0.4) is 0 Å². The molecule has 0 aromatic heterocycles. The van der Waals surface area contributed by atoms with E-state index >= 15 is 0 Å². The number of rotatable bonds is 1. The summed E-state index contributed by atoms with van der Waals surface area (Å²) >= 11 is 0. The van der Waals surface area contributed by atoms with Crippen LogP contribution in [0.1, 0.15) is 49.7 Å². The Kier molecular flexibility index (Phi) is 3.69. The highest BCUT2D eigenvalue weighted by molar-refractivity contribution is 5.79. The standard InChI is InChI=1S/C24H27N/c1-25-22-11-3-2-6-17(22)12-13-20-16-21(14-15-23(20)25)24-18-7-4-8-19(24)10-5-9-18/h2-3,6,11-18,22H,4-5,7-10H2,1H3. The number of nitrogens with zero attached hydrogens (tertiary/aromatic N) is 1. The van der Waals surface area contributed by atoms with Crippen molar-refractivity contribution in [1.29, 1.82) is 0 Å². The molecule has 1 aliphatic heterocycles. The fraction of sp³-hybridized carbons (Fsp3) is 0.417. The molecule has 0 amide bonds. The monoisotopic (exact) mass is 329 g/mol. The predicted octanol–water partition coefficient (Wildman–Crippen LogP) is 6.00. The average Bonchev–Trinajstić information content (AvgIpc) is 2.78. The van der Waals surface area contributed by atoms with Gasteiger partial charge in [-0.25, -0.2) is 0 Å². The summed E-state index contributed by atoms with van der Waals surface area (Å²) in [6, 6.07) is 7.66. The summed E-state index contributed by atoms with van der Waals surface area (Å²) in [5.41, 5.74) is 7.70. The SMILES string of the molecule is CN1c2ccc(C3=C4CCCC3CCC4)cc2C=CC2C=CC=CC21. The van der Waals surface area contributed by atoms with Gasteiger partial charge in [-0.1, -0.05) is 48.1 Å². The molecule has 5 rings (SSSR count). The molecule has 2 atom stereocenters. The van der Waals surface area contributed by atoms with Gasteiger partial charge in [0.05, 0.1) is 6.04 Å². The average molecular weight is 329 g/mol. The minimum absolute atomic E-state index is 0.435. The Bertz CT molecular complexity index is 795. The lowest BCUT2D eigenvalue weighted by atomic mass is 9.71. The van der Waals surface area contributed by atoms with Gasteiger partial charge in [0.15, 0.2) is 0 Å². The molecule has 3 aliphatic carbocycles. The summed E-state index contributed by atoms with van der Waals surface area (Å²) in [4.78, 5) is 2.45. The first kappa shape index (κ1) is 15.3. The van der Waals surface area contributed by atoms with E-state index in [4.69, 9.17) is 0 Å².